The summed E-state index contributed by atoms with van der Waals surface area (Å²) >= 11 is 0. The van der Waals surface area contributed by atoms with E-state index < -0.39 is 5.79 Å². The van der Waals surface area contributed by atoms with E-state index in [0.29, 0.717) is 13.2 Å². The van der Waals surface area contributed by atoms with Crippen molar-refractivity contribution in [3.63, 3.8) is 0 Å². The largest absolute Gasteiger partial charge is 0.393 e. The van der Waals surface area contributed by atoms with Gasteiger partial charge in [-0.15, -0.1) is 0 Å². The zero-order valence-corrected chi connectivity index (χ0v) is 12.8. The van der Waals surface area contributed by atoms with Gasteiger partial charge in [-0.25, -0.2) is 4.39 Å². The van der Waals surface area contributed by atoms with E-state index in [1.54, 1.807) is 12.1 Å². The Balaban J connectivity index is 1.56. The van der Waals surface area contributed by atoms with E-state index in [9.17, 15) is 9.50 Å². The first-order chi connectivity index (χ1) is 10.7. The van der Waals surface area contributed by atoms with Crippen LogP contribution in [0.3, 0.4) is 0 Å². The summed E-state index contributed by atoms with van der Waals surface area (Å²) in [5, 5.41) is 9.54. The summed E-state index contributed by atoms with van der Waals surface area (Å²) in [5.74, 6) is -0.966. The molecule has 3 rings (SSSR count). The molecule has 0 amide bonds. The number of aliphatic hydroxyl groups is 1. The summed E-state index contributed by atoms with van der Waals surface area (Å²) in [7, 11) is 0. The van der Waals surface area contributed by atoms with Crippen LogP contribution < -0.4 is 0 Å². The predicted octanol–water partition coefficient (Wildman–Crippen LogP) is 2.26. The monoisotopic (exact) mass is 309 g/mol. The third-order valence-corrected chi connectivity index (χ3v) is 4.58. The highest BCUT2D eigenvalue weighted by Crippen LogP contribution is 2.36. The average molecular weight is 309 g/mol. The van der Waals surface area contributed by atoms with Gasteiger partial charge < -0.3 is 19.5 Å². The number of piperidine rings is 1. The Morgan fingerprint density at radius 1 is 1.14 bits per heavy atom. The summed E-state index contributed by atoms with van der Waals surface area (Å²) in [6.07, 6.45) is 3.29. The van der Waals surface area contributed by atoms with Crippen LogP contribution in [0.4, 0.5) is 4.39 Å². The van der Waals surface area contributed by atoms with Gasteiger partial charge in [0.1, 0.15) is 5.82 Å². The molecular formula is C17H24FNO3. The maximum atomic E-state index is 13.1. The summed E-state index contributed by atoms with van der Waals surface area (Å²) in [5.41, 5.74) is 0.889. The summed E-state index contributed by atoms with van der Waals surface area (Å²) in [4.78, 5) is 2.38. The number of hydrogen-bond acceptors (Lipinski definition) is 4. The third kappa shape index (κ3) is 3.66. The fourth-order valence-corrected chi connectivity index (χ4v) is 3.29. The second-order valence-electron chi connectivity index (χ2n) is 6.13. The lowest BCUT2D eigenvalue weighted by Gasteiger charge is -2.32. The minimum atomic E-state index is -0.719. The molecule has 0 atom stereocenters. The molecule has 2 aliphatic heterocycles. The highest BCUT2D eigenvalue weighted by molar-refractivity contribution is 5.21. The van der Waals surface area contributed by atoms with Crippen LogP contribution in [0.1, 0.15) is 31.2 Å². The van der Waals surface area contributed by atoms with Crippen molar-refractivity contribution in [2.24, 2.45) is 0 Å². The first-order valence-electron chi connectivity index (χ1n) is 8.12. The molecule has 0 saturated carbocycles. The molecule has 0 radical (unpaired) electrons. The zero-order chi connectivity index (χ0) is 15.4. The van der Waals surface area contributed by atoms with Crippen LogP contribution >= 0.6 is 0 Å². The molecule has 0 unspecified atom stereocenters. The van der Waals surface area contributed by atoms with Gasteiger partial charge in [0.05, 0.1) is 19.3 Å². The first kappa shape index (κ1) is 15.9. The summed E-state index contributed by atoms with van der Waals surface area (Å²) < 4.78 is 24.9. The molecule has 2 aliphatic rings. The van der Waals surface area contributed by atoms with Crippen molar-refractivity contribution in [2.75, 3.05) is 32.8 Å². The fourth-order valence-electron chi connectivity index (χ4n) is 3.29. The average Bonchev–Trinajstić information content (AvgIpc) is 3.00. The third-order valence-electron chi connectivity index (χ3n) is 4.58. The van der Waals surface area contributed by atoms with Crippen molar-refractivity contribution >= 4 is 0 Å². The first-order valence-corrected chi connectivity index (χ1v) is 8.12. The number of halogens is 1. The van der Waals surface area contributed by atoms with Gasteiger partial charge in [-0.1, -0.05) is 12.1 Å². The fraction of sp³-hybridized carbons (Fsp3) is 0.647. The van der Waals surface area contributed by atoms with Crippen LogP contribution in [0.2, 0.25) is 0 Å². The van der Waals surface area contributed by atoms with Gasteiger partial charge in [-0.05, 0) is 37.9 Å². The highest BCUT2D eigenvalue weighted by Gasteiger charge is 2.38. The van der Waals surface area contributed by atoms with Gasteiger partial charge in [-0.3, -0.25) is 0 Å². The standard InChI is InChI=1S/C17H24FNO3/c18-15-4-2-14(3-5-15)17(21-12-13-22-17)8-1-9-19-10-6-16(20)7-11-19/h2-5,16,20H,1,6-13H2. The van der Waals surface area contributed by atoms with E-state index in [1.807, 2.05) is 0 Å². The molecule has 2 heterocycles. The number of aliphatic hydroxyl groups excluding tert-OH is 1. The van der Waals surface area contributed by atoms with Crippen molar-refractivity contribution in [3.8, 4) is 0 Å². The van der Waals surface area contributed by atoms with E-state index in [2.05, 4.69) is 4.90 Å². The predicted molar refractivity (Wildman–Crippen MR) is 80.9 cm³/mol. The van der Waals surface area contributed by atoms with Gasteiger partial charge in [0.2, 0.25) is 0 Å². The molecule has 2 fully saturated rings. The van der Waals surface area contributed by atoms with Gasteiger partial charge in [-0.2, -0.15) is 0 Å². The van der Waals surface area contributed by atoms with Crippen LogP contribution in [0.5, 0.6) is 0 Å². The SMILES string of the molecule is OC1CCN(CCCC2(c3ccc(F)cc3)OCCO2)CC1. The number of hydrogen-bond donors (Lipinski definition) is 1. The van der Waals surface area contributed by atoms with Crippen molar-refractivity contribution in [3.05, 3.63) is 35.6 Å². The van der Waals surface area contributed by atoms with Gasteiger partial charge >= 0.3 is 0 Å². The van der Waals surface area contributed by atoms with Crippen molar-refractivity contribution in [1.82, 2.24) is 4.90 Å². The Morgan fingerprint density at radius 3 is 2.41 bits per heavy atom. The van der Waals surface area contributed by atoms with Gasteiger partial charge in [0.15, 0.2) is 5.79 Å². The molecule has 1 N–H and O–H groups in total. The second kappa shape index (κ2) is 7.04. The normalized spacial score (nSPS) is 23.0. The number of benzene rings is 1. The van der Waals surface area contributed by atoms with Crippen molar-refractivity contribution in [1.29, 1.82) is 0 Å². The van der Waals surface area contributed by atoms with Crippen LogP contribution in [0.25, 0.3) is 0 Å². The number of rotatable bonds is 5. The highest BCUT2D eigenvalue weighted by atomic mass is 19.1. The molecule has 122 valence electrons. The molecule has 1 aromatic carbocycles. The molecule has 0 bridgehead atoms. The molecule has 0 aliphatic carbocycles. The molecule has 4 nitrogen and oxygen atoms in total. The van der Waals surface area contributed by atoms with Crippen molar-refractivity contribution < 1.29 is 19.0 Å². The van der Waals surface area contributed by atoms with E-state index in [-0.39, 0.29) is 11.9 Å². The Hall–Kier alpha value is -1.01. The van der Waals surface area contributed by atoms with E-state index in [0.717, 1.165) is 50.9 Å². The van der Waals surface area contributed by atoms with Crippen LogP contribution in [-0.2, 0) is 15.3 Å². The van der Waals surface area contributed by atoms with Gasteiger partial charge in [0.25, 0.3) is 0 Å². The molecule has 0 aromatic heterocycles. The van der Waals surface area contributed by atoms with Crippen molar-refractivity contribution in [2.45, 2.75) is 37.6 Å². The number of likely N-dealkylation sites (tertiary alicyclic amines) is 1. The maximum absolute atomic E-state index is 13.1. The smallest absolute Gasteiger partial charge is 0.195 e. The zero-order valence-electron chi connectivity index (χ0n) is 12.8. The van der Waals surface area contributed by atoms with Crippen LogP contribution in [0, 0.1) is 5.82 Å². The number of ether oxygens (including phenoxy) is 2. The molecular weight excluding hydrogens is 285 g/mol. The number of nitrogens with zero attached hydrogens (tertiary/aromatic N) is 1. The maximum Gasteiger partial charge on any atom is 0.195 e. The molecule has 5 heteroatoms. The molecule has 22 heavy (non-hydrogen) atoms. The molecule has 0 spiro atoms. The topological polar surface area (TPSA) is 41.9 Å². The lowest BCUT2D eigenvalue weighted by Crippen LogP contribution is -2.37. The second-order valence-corrected chi connectivity index (χ2v) is 6.13. The summed E-state index contributed by atoms with van der Waals surface area (Å²) in [6, 6.07) is 6.40. The minimum Gasteiger partial charge on any atom is -0.393 e. The van der Waals surface area contributed by atoms with Gasteiger partial charge in [0, 0.05) is 25.1 Å². The van der Waals surface area contributed by atoms with Crippen LogP contribution in [0.15, 0.2) is 24.3 Å². The van der Waals surface area contributed by atoms with E-state index in [4.69, 9.17) is 9.47 Å². The van der Waals surface area contributed by atoms with E-state index >= 15 is 0 Å². The Kier molecular flexibility index (Phi) is 5.08. The van der Waals surface area contributed by atoms with Crippen LogP contribution in [-0.4, -0.2) is 49.0 Å². The Bertz CT molecular complexity index is 465. The lowest BCUT2D eigenvalue weighted by molar-refractivity contribution is -0.172. The Labute approximate surface area is 130 Å². The molecule has 2 saturated heterocycles. The lowest BCUT2D eigenvalue weighted by atomic mass is 9.99. The Morgan fingerprint density at radius 2 is 1.77 bits per heavy atom. The van der Waals surface area contributed by atoms with E-state index in [1.165, 1.54) is 12.1 Å². The summed E-state index contributed by atoms with van der Waals surface area (Å²) in [6.45, 7) is 4.03. The minimum absolute atomic E-state index is 0.136. The quantitative estimate of drug-likeness (QED) is 0.906. The molecule has 1 aromatic rings.